The van der Waals surface area contributed by atoms with Gasteiger partial charge in [-0.2, -0.15) is 18.3 Å². The van der Waals surface area contributed by atoms with E-state index in [2.05, 4.69) is 15.1 Å². The number of sulfonamides is 1. The highest BCUT2D eigenvalue weighted by Gasteiger charge is 2.35. The number of halogens is 3. The lowest BCUT2D eigenvalue weighted by Gasteiger charge is -2.14. The molecular formula is C27H31F3N6O8S. The maximum atomic E-state index is 13.5. The predicted octanol–water partition coefficient (Wildman–Crippen LogP) is 4.71. The Morgan fingerprint density at radius 2 is 1.78 bits per heavy atom. The quantitative estimate of drug-likeness (QED) is 0.0679. The van der Waals surface area contributed by atoms with Crippen LogP contribution in [0.2, 0.25) is 0 Å². The highest BCUT2D eigenvalue weighted by atomic mass is 32.2. The Bertz CT molecular complexity index is 1610. The van der Waals surface area contributed by atoms with E-state index in [1.54, 1.807) is 29.0 Å². The van der Waals surface area contributed by atoms with Crippen molar-refractivity contribution >= 4 is 22.1 Å². The van der Waals surface area contributed by atoms with Gasteiger partial charge in [0.2, 0.25) is 5.28 Å². The third-order valence-corrected chi connectivity index (χ3v) is 7.28. The van der Waals surface area contributed by atoms with E-state index in [1.807, 2.05) is 6.92 Å². The normalized spacial score (nSPS) is 12.7. The van der Waals surface area contributed by atoms with E-state index in [4.69, 9.17) is 9.57 Å². The number of carbonyl (C=O) groups excluding carboxylic acids is 2. The van der Waals surface area contributed by atoms with E-state index in [0.29, 0.717) is 12.0 Å². The largest absolute Gasteiger partial charge is 0.569 e. The Morgan fingerprint density at radius 3 is 2.38 bits per heavy atom. The lowest BCUT2D eigenvalue weighted by atomic mass is 10.1. The summed E-state index contributed by atoms with van der Waals surface area (Å²) < 4.78 is 78.1. The topological polar surface area (TPSA) is 167 Å². The number of alkyl halides is 3. The van der Waals surface area contributed by atoms with Gasteiger partial charge in [-0.15, -0.1) is 5.01 Å². The minimum atomic E-state index is -4.71. The lowest BCUT2D eigenvalue weighted by Crippen LogP contribution is -2.31. The van der Waals surface area contributed by atoms with Crippen molar-refractivity contribution < 1.29 is 50.5 Å². The number of esters is 1. The number of carbonyl (C=O) groups is 2. The molecule has 1 N–H and O–H groups in total. The smallest absolute Gasteiger partial charge is 0.435 e. The van der Waals surface area contributed by atoms with Crippen LogP contribution in [-0.4, -0.2) is 66.7 Å². The van der Waals surface area contributed by atoms with E-state index >= 15 is 0 Å². The fourth-order valence-corrected chi connectivity index (χ4v) is 4.62. The zero-order chi connectivity index (χ0) is 33.4. The lowest BCUT2D eigenvalue weighted by molar-refractivity contribution is -0.707. The van der Waals surface area contributed by atoms with Gasteiger partial charge >= 0.3 is 18.2 Å². The fourth-order valence-electron chi connectivity index (χ4n) is 3.73. The van der Waals surface area contributed by atoms with Gasteiger partial charge in [-0.1, -0.05) is 29.8 Å². The first-order valence-corrected chi connectivity index (χ1v) is 14.8. The number of nitrogens with zero attached hydrogens (tertiary/aromatic N) is 5. The maximum Gasteiger partial charge on any atom is 0.435 e. The summed E-state index contributed by atoms with van der Waals surface area (Å²) >= 11 is 0. The minimum absolute atomic E-state index is 0.135. The summed E-state index contributed by atoms with van der Waals surface area (Å²) in [6, 6.07) is 12.4. The Morgan fingerprint density at radius 1 is 1.13 bits per heavy atom. The van der Waals surface area contributed by atoms with Crippen molar-refractivity contribution in [3.63, 3.8) is 0 Å². The van der Waals surface area contributed by atoms with Gasteiger partial charge in [-0.3, -0.25) is 9.63 Å². The molecule has 3 aromatic rings. The summed E-state index contributed by atoms with van der Waals surface area (Å²) in [4.78, 5) is 27.4. The predicted molar refractivity (Wildman–Crippen MR) is 151 cm³/mol. The number of unbranched alkanes of at least 4 members (excludes halogenated alkanes) is 1. The number of aryl methyl sites for hydroxylation is 1. The highest BCUT2D eigenvalue weighted by molar-refractivity contribution is 7.90. The van der Waals surface area contributed by atoms with Gasteiger partial charge in [0.1, 0.15) is 0 Å². The average molecular weight is 657 g/mol. The molecule has 0 fully saturated rings. The van der Waals surface area contributed by atoms with Crippen LogP contribution in [0.3, 0.4) is 0 Å². The fraction of sp³-hybridized carbons (Fsp3) is 0.370. The molecule has 0 saturated carbocycles. The van der Waals surface area contributed by atoms with Crippen LogP contribution in [-0.2, 0) is 35.3 Å². The molecule has 0 radical (unpaired) electrons. The molecule has 3 rings (SSSR count). The Labute approximate surface area is 256 Å². The number of rotatable bonds is 13. The van der Waals surface area contributed by atoms with Crippen molar-refractivity contribution in [1.29, 1.82) is 0 Å². The third-order valence-electron chi connectivity index (χ3n) is 5.96. The second-order valence-electron chi connectivity index (χ2n) is 9.63. The Balaban J connectivity index is 1.56. The molecule has 0 spiro atoms. The van der Waals surface area contributed by atoms with Crippen LogP contribution in [0.4, 0.5) is 18.0 Å². The van der Waals surface area contributed by atoms with Crippen LogP contribution >= 0.6 is 0 Å². The summed E-state index contributed by atoms with van der Waals surface area (Å²) in [6.07, 6.45) is -6.41. The first-order chi connectivity index (χ1) is 21.1. The molecule has 0 aliphatic rings. The van der Waals surface area contributed by atoms with E-state index < -0.39 is 40.2 Å². The van der Waals surface area contributed by atoms with Crippen molar-refractivity contribution in [2.75, 3.05) is 20.2 Å². The number of aromatic nitrogens is 2. The maximum absolute atomic E-state index is 13.5. The van der Waals surface area contributed by atoms with Gasteiger partial charge in [-0.05, 0) is 50.1 Å². The Kier molecular flexibility index (Phi) is 11.3. The summed E-state index contributed by atoms with van der Waals surface area (Å²) in [5, 5.41) is 19.9. The second-order valence-corrected chi connectivity index (χ2v) is 11.3. The number of benzene rings is 2. The second kappa shape index (κ2) is 14.7. The zero-order valence-electron chi connectivity index (χ0n) is 24.6. The van der Waals surface area contributed by atoms with Gasteiger partial charge in [0.15, 0.2) is 5.69 Å². The molecule has 0 saturated heterocycles. The van der Waals surface area contributed by atoms with E-state index in [0.717, 1.165) is 33.5 Å². The first kappa shape index (κ1) is 34.6. The number of hydrogen-bond donors (Lipinski definition) is 1. The molecular weight excluding hydrogens is 625 g/mol. The van der Waals surface area contributed by atoms with Gasteiger partial charge in [-0.25, -0.2) is 22.6 Å². The molecule has 1 aromatic heterocycles. The molecule has 1 amide bonds. The molecule has 1 atom stereocenters. The minimum Gasteiger partial charge on any atom is -0.569 e. The van der Waals surface area contributed by atoms with Crippen LogP contribution in [0, 0.1) is 12.1 Å². The van der Waals surface area contributed by atoms with Crippen molar-refractivity contribution in [2.45, 2.75) is 51.0 Å². The Hall–Kier alpha value is -4.87. The summed E-state index contributed by atoms with van der Waals surface area (Å²) in [5.41, 5.74) is 0.558. The molecule has 0 aliphatic carbocycles. The number of nitrogens with one attached hydrogen (secondary N) is 1. The summed E-state index contributed by atoms with van der Waals surface area (Å²) in [6.45, 7) is 4.37. The van der Waals surface area contributed by atoms with Crippen LogP contribution in [0.25, 0.3) is 16.9 Å². The molecule has 2 aromatic carbocycles. The molecule has 18 heteroatoms. The third kappa shape index (κ3) is 10.1. The van der Waals surface area contributed by atoms with Gasteiger partial charge < -0.3 is 14.7 Å². The van der Waals surface area contributed by atoms with Crippen molar-refractivity contribution in [3.05, 3.63) is 71.1 Å². The van der Waals surface area contributed by atoms with Crippen LogP contribution in [0.15, 0.2) is 64.8 Å². The molecule has 0 bridgehead atoms. The number of hydrogen-bond acceptors (Lipinski definition) is 10. The van der Waals surface area contributed by atoms with Crippen LogP contribution in [0.5, 0.6) is 0 Å². The first-order valence-electron chi connectivity index (χ1n) is 13.3. The molecule has 244 valence electrons. The number of ether oxygens (including phenoxy) is 2. The number of amides is 1. The van der Waals surface area contributed by atoms with Crippen molar-refractivity contribution in [3.8, 4) is 16.9 Å². The molecule has 0 aliphatic heterocycles. The van der Waals surface area contributed by atoms with E-state index in [-0.39, 0.29) is 40.8 Å². The van der Waals surface area contributed by atoms with Crippen molar-refractivity contribution in [1.82, 2.24) is 19.5 Å². The van der Waals surface area contributed by atoms with Crippen LogP contribution < -0.4 is 4.72 Å². The van der Waals surface area contributed by atoms with Crippen molar-refractivity contribution in [2.24, 2.45) is 5.28 Å². The monoisotopic (exact) mass is 656 g/mol. The molecule has 1 unspecified atom stereocenters. The summed E-state index contributed by atoms with van der Waals surface area (Å²) in [5.74, 6) is -0.609. The van der Waals surface area contributed by atoms with E-state index in [9.17, 15) is 36.4 Å². The average Bonchev–Trinajstić information content (AvgIpc) is 3.42. The number of hydrazine groups is 1. The van der Waals surface area contributed by atoms with Gasteiger partial charge in [0.25, 0.3) is 16.3 Å². The molecule has 45 heavy (non-hydrogen) atoms. The standard InChI is InChI=1S/C27H31F3N6O8S/c1-18-7-9-21(10-8-18)24-17-25(27(28,29)30)31-35(24)22-11-13-23(14-12-22)45(40,41)32-26(38)42-16-6-5-15-34(4)36(39)33-44-20(3)43-19(2)37/h7-14,17,20H,5-6,15-16H2,1-4H3,(H,32,38)/b36-33-. The zero-order valence-corrected chi connectivity index (χ0v) is 25.5. The van der Waals surface area contributed by atoms with Gasteiger partial charge in [0, 0.05) is 19.4 Å². The SMILES string of the molecule is CC(=O)OC(C)O/N=[N+](\[O-])N(C)CCCCOC(=O)NS(=O)(=O)c1ccc(-n2nc(C(F)(F)F)cc2-c2ccc(C)cc2)cc1. The molecule has 1 heterocycles. The van der Waals surface area contributed by atoms with E-state index in [1.165, 1.54) is 33.0 Å². The molecule has 14 nitrogen and oxygen atoms in total. The highest BCUT2D eigenvalue weighted by Crippen LogP contribution is 2.33. The van der Waals surface area contributed by atoms with Gasteiger partial charge in [0.05, 0.1) is 41.4 Å². The van der Waals surface area contributed by atoms with Crippen LogP contribution in [0.1, 0.15) is 37.9 Å². The summed E-state index contributed by atoms with van der Waals surface area (Å²) in [7, 11) is -2.97.